The second-order valence-electron chi connectivity index (χ2n) is 7.04. The molecule has 1 aliphatic heterocycles. The molecule has 1 fully saturated rings. The molecule has 1 aromatic carbocycles. The minimum Gasteiger partial charge on any atom is -0.271 e. The normalized spacial score (nSPS) is 17.0. The van der Waals surface area contributed by atoms with E-state index in [0.717, 1.165) is 12.1 Å². The third-order valence-electron chi connectivity index (χ3n) is 5.14. The van der Waals surface area contributed by atoms with Crippen LogP contribution in [0.4, 0.5) is 5.69 Å². The van der Waals surface area contributed by atoms with Crippen LogP contribution in [-0.4, -0.2) is 66.3 Å². The van der Waals surface area contributed by atoms with Crippen molar-refractivity contribution >= 4 is 25.7 Å². The Kier molecular flexibility index (Phi) is 6.00. The predicted octanol–water partition coefficient (Wildman–Crippen LogP) is 1.03. The van der Waals surface area contributed by atoms with Crippen LogP contribution in [0, 0.1) is 24.0 Å². The van der Waals surface area contributed by atoms with Crippen molar-refractivity contribution in [3.63, 3.8) is 0 Å². The second-order valence-corrected chi connectivity index (χ2v) is 10.8. The minimum atomic E-state index is -3.90. The fourth-order valence-corrected chi connectivity index (χ4v) is 6.84. The average Bonchev–Trinajstić information content (AvgIpc) is 2.86. The Morgan fingerprint density at radius 3 is 1.93 bits per heavy atom. The predicted molar refractivity (Wildman–Crippen MR) is 108 cm³/mol. The number of sulfonamides is 2. The van der Waals surface area contributed by atoms with Crippen molar-refractivity contribution in [3.8, 4) is 0 Å². The lowest BCUT2D eigenvalue weighted by Crippen LogP contribution is -2.37. The van der Waals surface area contributed by atoms with Gasteiger partial charge in [-0.2, -0.15) is 13.7 Å². The molecule has 0 amide bonds. The zero-order chi connectivity index (χ0) is 22.3. The molecule has 0 spiro atoms. The number of hydrogen-bond acceptors (Lipinski definition) is 7. The van der Waals surface area contributed by atoms with Gasteiger partial charge >= 0.3 is 0 Å². The first-order valence-corrected chi connectivity index (χ1v) is 12.1. The number of hydrogen-bond donors (Lipinski definition) is 0. The topological polar surface area (TPSA) is 136 Å². The molecule has 0 unspecified atom stereocenters. The number of nitro groups is 1. The maximum absolute atomic E-state index is 13.2. The van der Waals surface area contributed by atoms with Crippen molar-refractivity contribution in [2.24, 2.45) is 7.05 Å². The van der Waals surface area contributed by atoms with E-state index < -0.39 is 25.0 Å². The molecule has 3 rings (SSSR count). The maximum Gasteiger partial charge on any atom is 0.269 e. The van der Waals surface area contributed by atoms with Crippen LogP contribution in [0.2, 0.25) is 0 Å². The standard InChI is InChI=1S/C17H23N5O6S2/c1-13-17(14(2)19(3)18-13)30(27,28)21-10-4-9-20(11-12-21)29(25,26)16-7-5-15(6-8-16)22(23)24/h5-8H,4,9-12H2,1-3H3. The van der Waals surface area contributed by atoms with Gasteiger partial charge in [0, 0.05) is 45.4 Å². The van der Waals surface area contributed by atoms with E-state index in [1.165, 1.54) is 25.4 Å². The SMILES string of the molecule is Cc1nn(C)c(C)c1S(=O)(=O)N1CCCN(S(=O)(=O)c2ccc([N+](=O)[O-])cc2)CC1. The van der Waals surface area contributed by atoms with Gasteiger partial charge in [-0.25, -0.2) is 16.8 Å². The van der Waals surface area contributed by atoms with Crippen LogP contribution in [0.1, 0.15) is 17.8 Å². The van der Waals surface area contributed by atoms with Crippen LogP contribution in [0.3, 0.4) is 0 Å². The molecule has 0 bridgehead atoms. The number of rotatable bonds is 5. The van der Waals surface area contributed by atoms with Crippen molar-refractivity contribution in [1.29, 1.82) is 0 Å². The molecule has 0 atom stereocenters. The Labute approximate surface area is 175 Å². The number of benzene rings is 1. The molecular formula is C17H23N5O6S2. The van der Waals surface area contributed by atoms with Crippen LogP contribution in [-0.2, 0) is 27.1 Å². The zero-order valence-corrected chi connectivity index (χ0v) is 18.5. The van der Waals surface area contributed by atoms with Gasteiger partial charge in [-0.05, 0) is 32.4 Å². The molecule has 30 heavy (non-hydrogen) atoms. The largest absolute Gasteiger partial charge is 0.271 e. The zero-order valence-electron chi connectivity index (χ0n) is 16.8. The quantitative estimate of drug-likeness (QED) is 0.483. The first kappa shape index (κ1) is 22.3. The van der Waals surface area contributed by atoms with Gasteiger partial charge in [-0.3, -0.25) is 14.8 Å². The summed E-state index contributed by atoms with van der Waals surface area (Å²) in [6.07, 6.45) is 0.323. The summed E-state index contributed by atoms with van der Waals surface area (Å²) in [4.78, 5) is 10.3. The third kappa shape index (κ3) is 3.97. The van der Waals surface area contributed by atoms with E-state index in [2.05, 4.69) is 5.10 Å². The molecule has 0 aliphatic carbocycles. The van der Waals surface area contributed by atoms with Crippen molar-refractivity contribution < 1.29 is 21.8 Å². The molecule has 2 heterocycles. The molecule has 1 aliphatic rings. The van der Waals surface area contributed by atoms with Gasteiger partial charge in [0.1, 0.15) is 4.90 Å². The molecule has 2 aromatic rings. The number of aryl methyl sites for hydroxylation is 2. The van der Waals surface area contributed by atoms with E-state index in [1.807, 2.05) is 0 Å². The molecule has 13 heteroatoms. The molecule has 0 radical (unpaired) electrons. The highest BCUT2D eigenvalue weighted by atomic mass is 32.2. The lowest BCUT2D eigenvalue weighted by Gasteiger charge is -2.22. The van der Waals surface area contributed by atoms with Gasteiger partial charge < -0.3 is 0 Å². The molecule has 11 nitrogen and oxygen atoms in total. The summed E-state index contributed by atoms with van der Waals surface area (Å²) in [5, 5.41) is 14.9. The fourth-order valence-electron chi connectivity index (χ4n) is 3.50. The number of nitrogens with zero attached hydrogens (tertiary/aromatic N) is 5. The van der Waals surface area contributed by atoms with Crippen molar-refractivity contribution in [1.82, 2.24) is 18.4 Å². The van der Waals surface area contributed by atoms with Gasteiger partial charge in [-0.1, -0.05) is 0 Å². The Hall–Kier alpha value is -2.35. The average molecular weight is 458 g/mol. The van der Waals surface area contributed by atoms with E-state index in [1.54, 1.807) is 20.9 Å². The summed E-state index contributed by atoms with van der Waals surface area (Å²) < 4.78 is 56.2. The first-order valence-electron chi connectivity index (χ1n) is 9.21. The smallest absolute Gasteiger partial charge is 0.269 e. The fraction of sp³-hybridized carbons (Fsp3) is 0.471. The van der Waals surface area contributed by atoms with Crippen molar-refractivity contribution in [2.75, 3.05) is 26.2 Å². The number of nitro benzene ring substituents is 1. The summed E-state index contributed by atoms with van der Waals surface area (Å²) in [7, 11) is -6.05. The summed E-state index contributed by atoms with van der Waals surface area (Å²) in [5.74, 6) is 0. The Morgan fingerprint density at radius 1 is 0.933 bits per heavy atom. The first-order chi connectivity index (χ1) is 14.0. The van der Waals surface area contributed by atoms with Gasteiger partial charge in [0.05, 0.1) is 21.2 Å². The van der Waals surface area contributed by atoms with Gasteiger partial charge in [0.15, 0.2) is 0 Å². The Morgan fingerprint density at radius 2 is 1.47 bits per heavy atom. The highest BCUT2D eigenvalue weighted by Gasteiger charge is 2.34. The Bertz CT molecular complexity index is 1170. The molecule has 0 saturated carbocycles. The van der Waals surface area contributed by atoms with Gasteiger partial charge in [-0.15, -0.1) is 0 Å². The molecule has 1 aromatic heterocycles. The highest BCUT2D eigenvalue weighted by Crippen LogP contribution is 2.26. The van der Waals surface area contributed by atoms with Crippen LogP contribution >= 0.6 is 0 Å². The van der Waals surface area contributed by atoms with E-state index in [9.17, 15) is 26.9 Å². The third-order valence-corrected chi connectivity index (χ3v) is 9.20. The van der Waals surface area contributed by atoms with E-state index >= 15 is 0 Å². The highest BCUT2D eigenvalue weighted by molar-refractivity contribution is 7.89. The van der Waals surface area contributed by atoms with Crippen molar-refractivity contribution in [2.45, 2.75) is 30.1 Å². The van der Waals surface area contributed by atoms with E-state index in [0.29, 0.717) is 17.8 Å². The summed E-state index contributed by atoms with van der Waals surface area (Å²) in [5.41, 5.74) is 0.714. The summed E-state index contributed by atoms with van der Waals surface area (Å²) in [6, 6.07) is 4.65. The van der Waals surface area contributed by atoms with E-state index in [-0.39, 0.29) is 41.7 Å². The summed E-state index contributed by atoms with van der Waals surface area (Å²) >= 11 is 0. The molecule has 0 N–H and O–H groups in total. The number of aromatic nitrogens is 2. The van der Waals surface area contributed by atoms with E-state index in [4.69, 9.17) is 0 Å². The Balaban J connectivity index is 1.83. The summed E-state index contributed by atoms with van der Waals surface area (Å²) in [6.45, 7) is 3.62. The van der Waals surface area contributed by atoms with Crippen molar-refractivity contribution in [3.05, 3.63) is 45.8 Å². The lowest BCUT2D eigenvalue weighted by atomic mass is 10.3. The maximum atomic E-state index is 13.2. The molecular weight excluding hydrogens is 434 g/mol. The monoisotopic (exact) mass is 457 g/mol. The van der Waals surface area contributed by atoms with Crippen LogP contribution in [0.5, 0.6) is 0 Å². The molecule has 164 valence electrons. The molecule has 1 saturated heterocycles. The minimum absolute atomic E-state index is 0.00230. The van der Waals surface area contributed by atoms with Gasteiger partial charge in [0.2, 0.25) is 20.0 Å². The van der Waals surface area contributed by atoms with Crippen LogP contribution in [0.15, 0.2) is 34.1 Å². The van der Waals surface area contributed by atoms with Crippen LogP contribution in [0.25, 0.3) is 0 Å². The second kappa shape index (κ2) is 8.06. The van der Waals surface area contributed by atoms with Crippen LogP contribution < -0.4 is 0 Å². The van der Waals surface area contributed by atoms with Gasteiger partial charge in [0.25, 0.3) is 5.69 Å². The number of non-ortho nitro benzene ring substituents is 1. The lowest BCUT2D eigenvalue weighted by molar-refractivity contribution is -0.384.